The van der Waals surface area contributed by atoms with E-state index in [-0.39, 0.29) is 12.0 Å². The molecular weight excluding hydrogens is 352 g/mol. The molecule has 1 aromatic heterocycles. The van der Waals surface area contributed by atoms with E-state index in [9.17, 15) is 4.79 Å². The van der Waals surface area contributed by atoms with Crippen molar-refractivity contribution in [2.75, 3.05) is 31.1 Å². The van der Waals surface area contributed by atoms with Crippen molar-refractivity contribution in [1.82, 2.24) is 15.3 Å². The van der Waals surface area contributed by atoms with Gasteiger partial charge in [-0.25, -0.2) is 9.97 Å². The van der Waals surface area contributed by atoms with Gasteiger partial charge < -0.3 is 15.0 Å². The van der Waals surface area contributed by atoms with Crippen LogP contribution in [0.4, 0.5) is 5.82 Å². The van der Waals surface area contributed by atoms with Crippen molar-refractivity contribution in [3.05, 3.63) is 42.1 Å². The molecule has 0 saturated carbocycles. The first-order chi connectivity index (χ1) is 13.7. The van der Waals surface area contributed by atoms with Crippen LogP contribution in [0.15, 0.2) is 36.4 Å². The second-order valence-electron chi connectivity index (χ2n) is 7.13. The summed E-state index contributed by atoms with van der Waals surface area (Å²) in [5, 5.41) is 2.98. The van der Waals surface area contributed by atoms with E-state index in [2.05, 4.69) is 29.0 Å². The number of carbonyl (C=O) groups is 1. The molecule has 6 nitrogen and oxygen atoms in total. The molecule has 2 heterocycles. The molecule has 1 amide bonds. The number of rotatable bonds is 9. The Morgan fingerprint density at radius 1 is 1.18 bits per heavy atom. The zero-order chi connectivity index (χ0) is 19.8. The van der Waals surface area contributed by atoms with Crippen molar-refractivity contribution in [3.63, 3.8) is 0 Å². The molecule has 3 rings (SSSR count). The van der Waals surface area contributed by atoms with E-state index in [0.717, 1.165) is 56.8 Å². The molecule has 1 saturated heterocycles. The topological polar surface area (TPSA) is 67.4 Å². The van der Waals surface area contributed by atoms with E-state index >= 15 is 0 Å². The Balaban J connectivity index is 1.88. The van der Waals surface area contributed by atoms with E-state index in [0.29, 0.717) is 18.1 Å². The van der Waals surface area contributed by atoms with E-state index in [4.69, 9.17) is 9.72 Å². The number of carbonyl (C=O) groups excluding carboxylic acids is 1. The predicted molar refractivity (Wildman–Crippen MR) is 112 cm³/mol. The molecule has 1 aromatic carbocycles. The average Bonchev–Trinajstić information content (AvgIpc) is 3.26. The van der Waals surface area contributed by atoms with Crippen LogP contribution < -0.4 is 10.2 Å². The van der Waals surface area contributed by atoms with Gasteiger partial charge in [0.25, 0.3) is 5.91 Å². The van der Waals surface area contributed by atoms with Crippen LogP contribution in [0.25, 0.3) is 11.4 Å². The zero-order valence-electron chi connectivity index (χ0n) is 16.9. The fourth-order valence-corrected chi connectivity index (χ4v) is 3.41. The van der Waals surface area contributed by atoms with Crippen molar-refractivity contribution in [2.45, 2.75) is 45.6 Å². The number of amides is 1. The minimum Gasteiger partial charge on any atom is -0.376 e. The Morgan fingerprint density at radius 2 is 1.93 bits per heavy atom. The van der Waals surface area contributed by atoms with Gasteiger partial charge in [0.15, 0.2) is 5.82 Å². The molecule has 1 fully saturated rings. The van der Waals surface area contributed by atoms with E-state index in [1.807, 2.05) is 36.4 Å². The van der Waals surface area contributed by atoms with Crippen LogP contribution in [-0.4, -0.2) is 48.2 Å². The molecule has 1 aliphatic heterocycles. The third-order valence-corrected chi connectivity index (χ3v) is 4.80. The van der Waals surface area contributed by atoms with Gasteiger partial charge in [-0.3, -0.25) is 4.79 Å². The minimum atomic E-state index is -0.177. The van der Waals surface area contributed by atoms with Crippen LogP contribution >= 0.6 is 0 Å². The summed E-state index contributed by atoms with van der Waals surface area (Å²) in [7, 11) is 0. The van der Waals surface area contributed by atoms with E-state index < -0.39 is 0 Å². The molecule has 0 spiro atoms. The summed E-state index contributed by atoms with van der Waals surface area (Å²) in [5.41, 5.74) is 1.31. The van der Waals surface area contributed by atoms with Crippen LogP contribution in [0.5, 0.6) is 0 Å². The average molecular weight is 383 g/mol. The maximum Gasteiger partial charge on any atom is 0.270 e. The van der Waals surface area contributed by atoms with Crippen LogP contribution in [0.1, 0.15) is 50.0 Å². The Bertz CT molecular complexity index is 754. The highest BCUT2D eigenvalue weighted by atomic mass is 16.5. The number of benzene rings is 1. The monoisotopic (exact) mass is 382 g/mol. The molecule has 150 valence electrons. The number of nitrogens with zero attached hydrogens (tertiary/aromatic N) is 3. The van der Waals surface area contributed by atoms with Gasteiger partial charge in [0.2, 0.25) is 0 Å². The minimum absolute atomic E-state index is 0.107. The van der Waals surface area contributed by atoms with Crippen molar-refractivity contribution in [1.29, 1.82) is 0 Å². The molecule has 6 heteroatoms. The highest BCUT2D eigenvalue weighted by molar-refractivity contribution is 5.93. The number of anilines is 1. The lowest BCUT2D eigenvalue weighted by molar-refractivity contribution is 0.0853. The highest BCUT2D eigenvalue weighted by Gasteiger charge is 2.19. The fourth-order valence-electron chi connectivity index (χ4n) is 3.41. The lowest BCUT2D eigenvalue weighted by Gasteiger charge is -2.23. The van der Waals surface area contributed by atoms with Gasteiger partial charge in [0.1, 0.15) is 11.5 Å². The number of ether oxygens (including phenoxy) is 1. The van der Waals surface area contributed by atoms with Gasteiger partial charge in [0.05, 0.1) is 6.10 Å². The smallest absolute Gasteiger partial charge is 0.270 e. The summed E-state index contributed by atoms with van der Waals surface area (Å²) in [6, 6.07) is 11.6. The van der Waals surface area contributed by atoms with Gasteiger partial charge in [-0.1, -0.05) is 44.2 Å². The number of nitrogens with one attached hydrogen (secondary N) is 1. The van der Waals surface area contributed by atoms with Crippen LogP contribution in [0.3, 0.4) is 0 Å². The molecule has 1 N–H and O–H groups in total. The zero-order valence-corrected chi connectivity index (χ0v) is 16.9. The first kappa shape index (κ1) is 20.3. The molecule has 1 unspecified atom stereocenters. The third kappa shape index (κ3) is 5.29. The van der Waals surface area contributed by atoms with Crippen LogP contribution in [0, 0.1) is 0 Å². The van der Waals surface area contributed by atoms with Crippen molar-refractivity contribution in [2.24, 2.45) is 0 Å². The quantitative estimate of drug-likeness (QED) is 0.717. The highest BCUT2D eigenvalue weighted by Crippen LogP contribution is 2.21. The molecule has 0 radical (unpaired) electrons. The SMILES string of the molecule is CCCN(CCC)c1cc(C(=O)NCC2CCCO2)nc(-c2ccccc2)n1. The predicted octanol–water partition coefficient (Wildman–Crippen LogP) is 3.68. The Kier molecular flexibility index (Phi) is 7.37. The normalized spacial score (nSPS) is 16.1. The Labute approximate surface area is 167 Å². The number of hydrogen-bond donors (Lipinski definition) is 1. The standard InChI is InChI=1S/C22H30N4O2/c1-3-12-26(13-4-2)20-15-19(22(27)23-16-18-11-8-14-28-18)24-21(25-20)17-9-6-5-7-10-17/h5-7,9-10,15,18H,3-4,8,11-14,16H2,1-2H3,(H,23,27). The summed E-state index contributed by atoms with van der Waals surface area (Å²) in [6.07, 6.45) is 4.19. The lowest BCUT2D eigenvalue weighted by Crippen LogP contribution is -2.33. The van der Waals surface area contributed by atoms with Gasteiger partial charge in [-0.2, -0.15) is 0 Å². The fraction of sp³-hybridized carbons (Fsp3) is 0.500. The molecular formula is C22H30N4O2. The molecule has 0 aliphatic carbocycles. The van der Waals surface area contributed by atoms with Crippen LogP contribution in [0.2, 0.25) is 0 Å². The summed E-state index contributed by atoms with van der Waals surface area (Å²) < 4.78 is 5.60. The molecule has 28 heavy (non-hydrogen) atoms. The number of hydrogen-bond acceptors (Lipinski definition) is 5. The molecule has 0 bridgehead atoms. The second kappa shape index (κ2) is 10.2. The molecule has 1 aliphatic rings. The van der Waals surface area contributed by atoms with Crippen LogP contribution in [-0.2, 0) is 4.74 Å². The Hall–Kier alpha value is -2.47. The van der Waals surface area contributed by atoms with E-state index in [1.54, 1.807) is 0 Å². The number of aromatic nitrogens is 2. The summed E-state index contributed by atoms with van der Waals surface area (Å²) in [4.78, 5) is 24.4. The first-order valence-corrected chi connectivity index (χ1v) is 10.3. The lowest BCUT2D eigenvalue weighted by atomic mass is 10.2. The van der Waals surface area contributed by atoms with Crippen molar-refractivity contribution < 1.29 is 9.53 Å². The molecule has 2 aromatic rings. The molecule has 1 atom stereocenters. The van der Waals surface area contributed by atoms with Gasteiger partial charge in [-0.15, -0.1) is 0 Å². The summed E-state index contributed by atoms with van der Waals surface area (Å²) >= 11 is 0. The largest absolute Gasteiger partial charge is 0.376 e. The van der Waals surface area contributed by atoms with Gasteiger partial charge in [0, 0.05) is 37.9 Å². The summed E-state index contributed by atoms with van der Waals surface area (Å²) in [6.45, 7) is 7.40. The second-order valence-corrected chi connectivity index (χ2v) is 7.13. The maximum atomic E-state index is 12.8. The van der Waals surface area contributed by atoms with Crippen molar-refractivity contribution >= 4 is 11.7 Å². The van der Waals surface area contributed by atoms with E-state index in [1.165, 1.54) is 0 Å². The first-order valence-electron chi connectivity index (χ1n) is 10.3. The summed E-state index contributed by atoms with van der Waals surface area (Å²) in [5.74, 6) is 1.21. The maximum absolute atomic E-state index is 12.8. The Morgan fingerprint density at radius 3 is 2.57 bits per heavy atom. The van der Waals surface area contributed by atoms with Gasteiger partial charge in [-0.05, 0) is 25.7 Å². The van der Waals surface area contributed by atoms with Gasteiger partial charge >= 0.3 is 0 Å². The third-order valence-electron chi connectivity index (χ3n) is 4.80. The van der Waals surface area contributed by atoms with Crippen molar-refractivity contribution in [3.8, 4) is 11.4 Å².